The van der Waals surface area contributed by atoms with Crippen molar-refractivity contribution in [2.24, 2.45) is 0 Å². The number of nitrogens with zero attached hydrogens (tertiary/aromatic N) is 1. The highest BCUT2D eigenvalue weighted by atomic mass is 16.5. The number of H-pyrrole nitrogens is 1. The van der Waals surface area contributed by atoms with Gasteiger partial charge in [-0.3, -0.25) is 19.5 Å². The van der Waals surface area contributed by atoms with Crippen LogP contribution < -0.4 is 10.9 Å². The summed E-state index contributed by atoms with van der Waals surface area (Å²) < 4.78 is 6.45. The van der Waals surface area contributed by atoms with E-state index in [1.165, 1.54) is 4.52 Å². The van der Waals surface area contributed by atoms with Crippen molar-refractivity contribution in [3.05, 3.63) is 45.7 Å². The fourth-order valence-electron chi connectivity index (χ4n) is 2.66. The molecule has 3 aromatic rings. The molecule has 2 aromatic heterocycles. The standard InChI is InChI=1S/C16H15N3O6/c1-25-7-8-2-3-10-9(4-8)5-11-14(22)13(16(24)18-19(10)11)15(23)17-6-12(20)21/h2-5,22H,6-7H2,1H3,(H,17,23)(H,18,24)(H,20,21). The molecule has 25 heavy (non-hydrogen) atoms. The SMILES string of the molecule is COCc1ccc2c(c1)cc1c(O)c(C(=O)NCC(=O)O)c(=O)[nH]n12. The molecule has 1 aromatic carbocycles. The van der Waals surface area contributed by atoms with E-state index in [1.807, 2.05) is 12.1 Å². The number of methoxy groups -OCH3 is 1. The number of hydrogen-bond donors (Lipinski definition) is 4. The fraction of sp³-hybridized carbons (Fsp3) is 0.188. The van der Waals surface area contributed by atoms with Gasteiger partial charge in [0.15, 0.2) is 5.75 Å². The van der Waals surface area contributed by atoms with Crippen LogP contribution >= 0.6 is 0 Å². The zero-order valence-corrected chi connectivity index (χ0v) is 13.2. The lowest BCUT2D eigenvalue weighted by Crippen LogP contribution is -2.34. The largest absolute Gasteiger partial charge is 0.505 e. The van der Waals surface area contributed by atoms with Crippen molar-refractivity contribution >= 4 is 28.3 Å². The van der Waals surface area contributed by atoms with Crippen LogP contribution in [0, 0.1) is 0 Å². The van der Waals surface area contributed by atoms with E-state index >= 15 is 0 Å². The molecule has 2 heterocycles. The Morgan fingerprint density at radius 3 is 2.72 bits per heavy atom. The van der Waals surface area contributed by atoms with Crippen molar-refractivity contribution in [2.45, 2.75) is 6.61 Å². The van der Waals surface area contributed by atoms with Gasteiger partial charge in [0.05, 0.1) is 12.1 Å². The van der Waals surface area contributed by atoms with E-state index in [1.54, 1.807) is 19.2 Å². The second-order valence-corrected chi connectivity index (χ2v) is 5.43. The van der Waals surface area contributed by atoms with Crippen LogP contribution in [0.5, 0.6) is 5.75 Å². The first-order chi connectivity index (χ1) is 11.9. The van der Waals surface area contributed by atoms with Crippen LogP contribution in [0.2, 0.25) is 0 Å². The molecule has 0 spiro atoms. The molecule has 130 valence electrons. The third-order valence-corrected chi connectivity index (χ3v) is 3.72. The van der Waals surface area contributed by atoms with Gasteiger partial charge in [-0.2, -0.15) is 0 Å². The van der Waals surface area contributed by atoms with Gasteiger partial charge in [-0.1, -0.05) is 6.07 Å². The molecule has 0 aliphatic heterocycles. The predicted molar refractivity (Wildman–Crippen MR) is 87.9 cm³/mol. The molecule has 0 aliphatic carbocycles. The topological polar surface area (TPSA) is 133 Å². The summed E-state index contributed by atoms with van der Waals surface area (Å²) in [5.41, 5.74) is 0.414. The number of carboxylic acids is 1. The van der Waals surface area contributed by atoms with Crippen LogP contribution in [0.15, 0.2) is 29.1 Å². The second-order valence-electron chi connectivity index (χ2n) is 5.43. The minimum absolute atomic E-state index is 0.227. The van der Waals surface area contributed by atoms with Gasteiger partial charge in [0, 0.05) is 12.5 Å². The molecule has 0 saturated carbocycles. The summed E-state index contributed by atoms with van der Waals surface area (Å²) in [5.74, 6) is -2.74. The molecule has 0 atom stereocenters. The zero-order chi connectivity index (χ0) is 18.1. The summed E-state index contributed by atoms with van der Waals surface area (Å²) in [5, 5.41) is 24.3. The number of carbonyl (C=O) groups is 2. The molecule has 0 saturated heterocycles. The second kappa shape index (κ2) is 6.29. The highest BCUT2D eigenvalue weighted by Crippen LogP contribution is 2.27. The minimum Gasteiger partial charge on any atom is -0.505 e. The number of carbonyl (C=O) groups excluding carboxylic acids is 1. The lowest BCUT2D eigenvalue weighted by Gasteiger charge is -2.06. The first-order valence-corrected chi connectivity index (χ1v) is 7.30. The first-order valence-electron chi connectivity index (χ1n) is 7.30. The number of amides is 1. The van der Waals surface area contributed by atoms with Gasteiger partial charge in [-0.05, 0) is 23.8 Å². The average Bonchev–Trinajstić information content (AvgIpc) is 2.91. The quantitative estimate of drug-likeness (QED) is 0.530. The van der Waals surface area contributed by atoms with Gasteiger partial charge in [0.1, 0.15) is 17.6 Å². The number of aromatic nitrogens is 2. The van der Waals surface area contributed by atoms with Crippen LogP contribution in [0.3, 0.4) is 0 Å². The van der Waals surface area contributed by atoms with Gasteiger partial charge in [0.25, 0.3) is 11.5 Å². The van der Waals surface area contributed by atoms with Crippen molar-refractivity contribution in [1.82, 2.24) is 14.9 Å². The Labute approximate surface area is 140 Å². The molecular weight excluding hydrogens is 330 g/mol. The maximum atomic E-state index is 12.2. The van der Waals surface area contributed by atoms with Crippen molar-refractivity contribution in [3.63, 3.8) is 0 Å². The smallest absolute Gasteiger partial charge is 0.322 e. The van der Waals surface area contributed by atoms with E-state index in [0.717, 1.165) is 10.9 Å². The van der Waals surface area contributed by atoms with Crippen LogP contribution in [0.1, 0.15) is 15.9 Å². The van der Waals surface area contributed by atoms with Gasteiger partial charge in [-0.25, -0.2) is 4.52 Å². The van der Waals surface area contributed by atoms with Gasteiger partial charge in [0.2, 0.25) is 0 Å². The third-order valence-electron chi connectivity index (χ3n) is 3.72. The Hall–Kier alpha value is -3.33. The Morgan fingerprint density at radius 2 is 2.04 bits per heavy atom. The molecule has 9 nitrogen and oxygen atoms in total. The Morgan fingerprint density at radius 1 is 1.28 bits per heavy atom. The normalized spacial score (nSPS) is 11.1. The molecule has 0 bridgehead atoms. The number of aromatic amines is 1. The van der Waals surface area contributed by atoms with E-state index in [4.69, 9.17) is 9.84 Å². The molecule has 1 amide bonds. The molecule has 4 N–H and O–H groups in total. The van der Waals surface area contributed by atoms with Crippen LogP contribution in [-0.2, 0) is 16.1 Å². The molecule has 3 rings (SSSR count). The number of fused-ring (bicyclic) bond motifs is 3. The minimum atomic E-state index is -1.26. The highest BCUT2D eigenvalue weighted by Gasteiger charge is 2.21. The molecule has 9 heteroatoms. The molecule has 0 aliphatic rings. The van der Waals surface area contributed by atoms with E-state index in [-0.39, 0.29) is 5.52 Å². The number of benzene rings is 1. The van der Waals surface area contributed by atoms with Crippen LogP contribution in [0.4, 0.5) is 0 Å². The van der Waals surface area contributed by atoms with E-state index in [9.17, 15) is 19.5 Å². The molecular formula is C16H15N3O6. The van der Waals surface area contributed by atoms with Crippen molar-refractivity contribution in [1.29, 1.82) is 0 Å². The Bertz CT molecular complexity index is 1050. The van der Waals surface area contributed by atoms with Crippen molar-refractivity contribution in [3.8, 4) is 5.75 Å². The first kappa shape index (κ1) is 16.5. The summed E-state index contributed by atoms with van der Waals surface area (Å²) in [6, 6.07) is 7.04. The zero-order valence-electron chi connectivity index (χ0n) is 13.2. The Kier molecular flexibility index (Phi) is 4.15. The predicted octanol–water partition coefficient (Wildman–Crippen LogP) is 0.447. The number of hydrogen-bond acceptors (Lipinski definition) is 5. The van der Waals surface area contributed by atoms with Crippen molar-refractivity contribution < 1.29 is 24.5 Å². The molecule has 0 fully saturated rings. The number of aliphatic carboxylic acids is 1. The monoisotopic (exact) mass is 345 g/mol. The number of aromatic hydroxyl groups is 1. The van der Waals surface area contributed by atoms with Gasteiger partial charge in [-0.15, -0.1) is 0 Å². The highest BCUT2D eigenvalue weighted by molar-refractivity contribution is 6.01. The maximum Gasteiger partial charge on any atom is 0.322 e. The number of rotatable bonds is 5. The van der Waals surface area contributed by atoms with Crippen molar-refractivity contribution in [2.75, 3.05) is 13.7 Å². The maximum absolute atomic E-state index is 12.2. The van der Waals surface area contributed by atoms with Crippen LogP contribution in [0.25, 0.3) is 16.4 Å². The number of nitrogens with one attached hydrogen (secondary N) is 2. The van der Waals surface area contributed by atoms with E-state index in [2.05, 4.69) is 10.4 Å². The fourth-order valence-corrected chi connectivity index (χ4v) is 2.66. The van der Waals surface area contributed by atoms with E-state index in [0.29, 0.717) is 12.1 Å². The summed E-state index contributed by atoms with van der Waals surface area (Å²) in [7, 11) is 1.58. The lowest BCUT2D eigenvalue weighted by atomic mass is 10.1. The summed E-state index contributed by atoms with van der Waals surface area (Å²) in [6.07, 6.45) is 0. The average molecular weight is 345 g/mol. The van der Waals surface area contributed by atoms with Crippen LogP contribution in [-0.4, -0.2) is 45.4 Å². The summed E-state index contributed by atoms with van der Waals surface area (Å²) in [6.45, 7) is -0.250. The molecule has 0 unspecified atom stereocenters. The molecule has 0 radical (unpaired) electrons. The summed E-state index contributed by atoms with van der Waals surface area (Å²) in [4.78, 5) is 34.7. The lowest BCUT2D eigenvalue weighted by molar-refractivity contribution is -0.135. The Balaban J connectivity index is 2.15. The third kappa shape index (κ3) is 2.92. The number of ether oxygens (including phenoxy) is 1. The summed E-state index contributed by atoms with van der Waals surface area (Å²) >= 11 is 0. The van der Waals surface area contributed by atoms with Gasteiger partial charge >= 0.3 is 5.97 Å². The van der Waals surface area contributed by atoms with Gasteiger partial charge < -0.3 is 20.3 Å². The van der Waals surface area contributed by atoms with E-state index < -0.39 is 35.3 Å². The number of carboxylic acid groups (broad SMARTS) is 1.